The Morgan fingerprint density at radius 1 is 1.41 bits per heavy atom. The molecule has 2 rings (SSSR count). The molecule has 1 N–H and O–H groups in total. The van der Waals surface area contributed by atoms with Crippen LogP contribution in [-0.4, -0.2) is 61.0 Å². The van der Waals surface area contributed by atoms with Gasteiger partial charge in [-0.2, -0.15) is 0 Å². The van der Waals surface area contributed by atoms with Crippen LogP contribution in [0.5, 0.6) is 0 Å². The van der Waals surface area contributed by atoms with Crippen LogP contribution in [0, 0.1) is 0 Å². The highest BCUT2D eigenvalue weighted by atomic mass is 16.2. The van der Waals surface area contributed by atoms with Crippen LogP contribution in [-0.2, 0) is 4.79 Å². The summed E-state index contributed by atoms with van der Waals surface area (Å²) in [6, 6.07) is -0.0947. The predicted molar refractivity (Wildman–Crippen MR) is 68.8 cm³/mol. The Balaban J connectivity index is 1.80. The van der Waals surface area contributed by atoms with Crippen molar-refractivity contribution < 1.29 is 4.79 Å². The van der Waals surface area contributed by atoms with Crippen molar-refractivity contribution in [3.8, 4) is 0 Å². The normalized spacial score (nSPS) is 25.2. The van der Waals surface area contributed by atoms with Crippen LogP contribution in [0.15, 0.2) is 24.3 Å². The van der Waals surface area contributed by atoms with E-state index in [1.165, 1.54) is 5.57 Å². The van der Waals surface area contributed by atoms with Gasteiger partial charge in [-0.25, -0.2) is 0 Å². The maximum Gasteiger partial charge on any atom is 0.243 e. The molecule has 0 saturated carbocycles. The minimum Gasteiger partial charge on any atom is -0.338 e. The molecule has 0 aliphatic carbocycles. The molecule has 0 bridgehead atoms. The van der Waals surface area contributed by atoms with E-state index in [1.807, 2.05) is 24.0 Å². The molecule has 2 heterocycles. The lowest BCUT2D eigenvalue weighted by atomic mass is 10.2. The Bertz CT molecular complexity index is 330. The Hall–Kier alpha value is -1.13. The highest BCUT2D eigenvalue weighted by Gasteiger charge is 2.26. The number of carbonyl (C=O) groups is 1. The van der Waals surface area contributed by atoms with Gasteiger partial charge in [-0.3, -0.25) is 15.0 Å². The molecule has 1 unspecified atom stereocenters. The molecule has 1 saturated heterocycles. The van der Waals surface area contributed by atoms with E-state index in [4.69, 9.17) is 0 Å². The van der Waals surface area contributed by atoms with E-state index < -0.39 is 0 Å². The zero-order valence-corrected chi connectivity index (χ0v) is 10.5. The molecule has 0 aromatic heterocycles. The number of carbonyl (C=O) groups excluding carboxylic acids is 1. The third kappa shape index (κ3) is 3.17. The molecule has 17 heavy (non-hydrogen) atoms. The molecule has 2 aliphatic heterocycles. The largest absolute Gasteiger partial charge is 0.338 e. The Labute approximate surface area is 103 Å². The first-order valence-corrected chi connectivity index (χ1v) is 6.22. The van der Waals surface area contributed by atoms with Gasteiger partial charge in [0.25, 0.3) is 0 Å². The Morgan fingerprint density at radius 2 is 2.12 bits per heavy atom. The highest BCUT2D eigenvalue weighted by molar-refractivity contribution is 5.84. The fraction of sp³-hybridized carbons (Fsp3) is 0.615. The van der Waals surface area contributed by atoms with Crippen molar-refractivity contribution in [1.29, 1.82) is 0 Å². The molecule has 1 amide bonds. The summed E-state index contributed by atoms with van der Waals surface area (Å²) in [5.74, 6) is 0.216. The lowest BCUT2D eigenvalue weighted by Gasteiger charge is -2.35. The summed E-state index contributed by atoms with van der Waals surface area (Å²) >= 11 is 0. The minimum absolute atomic E-state index is 0.0947. The number of amides is 1. The van der Waals surface area contributed by atoms with Gasteiger partial charge in [0.1, 0.15) is 6.04 Å². The van der Waals surface area contributed by atoms with E-state index >= 15 is 0 Å². The van der Waals surface area contributed by atoms with E-state index in [-0.39, 0.29) is 11.9 Å². The lowest BCUT2D eigenvalue weighted by Crippen LogP contribution is -2.53. The average Bonchev–Trinajstić information content (AvgIpc) is 2.82. The van der Waals surface area contributed by atoms with Gasteiger partial charge in [-0.1, -0.05) is 24.3 Å². The van der Waals surface area contributed by atoms with Crippen LogP contribution in [0.1, 0.15) is 6.92 Å². The van der Waals surface area contributed by atoms with Crippen LogP contribution >= 0.6 is 0 Å². The molecule has 0 spiro atoms. The molecule has 0 radical (unpaired) electrons. The van der Waals surface area contributed by atoms with Gasteiger partial charge in [0.05, 0.1) is 0 Å². The van der Waals surface area contributed by atoms with Gasteiger partial charge < -0.3 is 4.90 Å². The summed E-state index contributed by atoms with van der Waals surface area (Å²) in [6.07, 6.45) is 3.97. The molecular formula is C13H21N3O. The van der Waals surface area contributed by atoms with Gasteiger partial charge >= 0.3 is 0 Å². The maximum absolute atomic E-state index is 12.1. The molecular weight excluding hydrogens is 214 g/mol. The predicted octanol–water partition coefficient (Wildman–Crippen LogP) is 0.235. The van der Waals surface area contributed by atoms with Crippen molar-refractivity contribution in [2.45, 2.75) is 13.0 Å². The van der Waals surface area contributed by atoms with E-state index in [1.54, 1.807) is 0 Å². The van der Waals surface area contributed by atoms with Crippen LogP contribution in [0.25, 0.3) is 0 Å². The third-order valence-corrected chi connectivity index (χ3v) is 3.23. The van der Waals surface area contributed by atoms with Crippen LogP contribution in [0.3, 0.4) is 0 Å². The topological polar surface area (TPSA) is 35.6 Å². The molecule has 2 aliphatic rings. The second-order valence-corrected chi connectivity index (χ2v) is 4.87. The van der Waals surface area contributed by atoms with Gasteiger partial charge in [-0.05, 0) is 6.92 Å². The monoisotopic (exact) mass is 235 g/mol. The number of piperazine rings is 1. The van der Waals surface area contributed by atoms with Crippen LogP contribution in [0.2, 0.25) is 0 Å². The number of nitrogens with one attached hydrogen (secondary N) is 1. The summed E-state index contributed by atoms with van der Waals surface area (Å²) in [5.41, 5.74) is 1.19. The van der Waals surface area contributed by atoms with E-state index in [0.717, 1.165) is 39.3 Å². The van der Waals surface area contributed by atoms with Crippen molar-refractivity contribution in [2.75, 3.05) is 39.3 Å². The Morgan fingerprint density at radius 3 is 2.65 bits per heavy atom. The van der Waals surface area contributed by atoms with Gasteiger partial charge in [0.2, 0.25) is 5.91 Å². The van der Waals surface area contributed by atoms with Crippen molar-refractivity contribution in [2.24, 2.45) is 0 Å². The first kappa shape index (κ1) is 12.3. The van der Waals surface area contributed by atoms with E-state index in [9.17, 15) is 4.79 Å². The summed E-state index contributed by atoms with van der Waals surface area (Å²) in [7, 11) is 0. The molecule has 4 nitrogen and oxygen atoms in total. The second-order valence-electron chi connectivity index (χ2n) is 4.87. The smallest absolute Gasteiger partial charge is 0.243 e. The van der Waals surface area contributed by atoms with Gasteiger partial charge in [0, 0.05) is 39.3 Å². The van der Waals surface area contributed by atoms with Crippen molar-refractivity contribution in [3.05, 3.63) is 24.3 Å². The maximum atomic E-state index is 12.1. The van der Waals surface area contributed by atoms with Crippen LogP contribution in [0.4, 0.5) is 0 Å². The second kappa shape index (κ2) is 5.47. The highest BCUT2D eigenvalue weighted by Crippen LogP contribution is 2.07. The number of hydrogen-bond donors (Lipinski definition) is 1. The van der Waals surface area contributed by atoms with Crippen molar-refractivity contribution in [1.82, 2.24) is 15.1 Å². The summed E-state index contributed by atoms with van der Waals surface area (Å²) in [4.78, 5) is 16.4. The fourth-order valence-electron chi connectivity index (χ4n) is 2.34. The summed E-state index contributed by atoms with van der Waals surface area (Å²) < 4.78 is 0. The van der Waals surface area contributed by atoms with Gasteiger partial charge in [-0.15, -0.1) is 0 Å². The van der Waals surface area contributed by atoms with E-state index in [0.29, 0.717) is 0 Å². The first-order chi connectivity index (χ1) is 8.16. The zero-order chi connectivity index (χ0) is 12.3. The van der Waals surface area contributed by atoms with Crippen LogP contribution < -0.4 is 5.32 Å². The van der Waals surface area contributed by atoms with Crippen molar-refractivity contribution >= 4 is 5.91 Å². The molecule has 1 fully saturated rings. The number of nitrogens with zero attached hydrogens (tertiary/aromatic N) is 2. The SMILES string of the molecule is C=C(C)CN1CCN(C(=O)C2C=CCN2)CC1. The fourth-order valence-corrected chi connectivity index (χ4v) is 2.34. The van der Waals surface area contributed by atoms with Crippen molar-refractivity contribution in [3.63, 3.8) is 0 Å². The zero-order valence-electron chi connectivity index (χ0n) is 10.5. The quantitative estimate of drug-likeness (QED) is 0.712. The Kier molecular flexibility index (Phi) is 3.97. The summed E-state index contributed by atoms with van der Waals surface area (Å²) in [6.45, 7) is 11.3. The minimum atomic E-state index is -0.0947. The molecule has 4 heteroatoms. The molecule has 1 atom stereocenters. The molecule has 0 aromatic carbocycles. The van der Waals surface area contributed by atoms with Gasteiger partial charge in [0.15, 0.2) is 0 Å². The molecule has 0 aromatic rings. The average molecular weight is 235 g/mol. The number of rotatable bonds is 3. The standard InChI is InChI=1S/C13H21N3O/c1-11(2)10-15-6-8-16(9-7-15)13(17)12-4-3-5-14-12/h3-4,12,14H,1,5-10H2,2H3. The molecule has 94 valence electrons. The van der Waals surface area contributed by atoms with E-state index in [2.05, 4.69) is 16.8 Å². The lowest BCUT2D eigenvalue weighted by molar-refractivity contribution is -0.133. The third-order valence-electron chi connectivity index (χ3n) is 3.23. The number of hydrogen-bond acceptors (Lipinski definition) is 3. The first-order valence-electron chi connectivity index (χ1n) is 6.22. The summed E-state index contributed by atoms with van der Waals surface area (Å²) in [5, 5.41) is 3.17.